The van der Waals surface area contributed by atoms with Crippen molar-refractivity contribution >= 4 is 17.3 Å². The minimum Gasteiger partial charge on any atom is -0.359 e. The zero-order valence-electron chi connectivity index (χ0n) is 15.7. The number of hydrogen-bond donors (Lipinski definition) is 2. The molecule has 27 heavy (non-hydrogen) atoms. The monoisotopic (exact) mass is 367 g/mol. The summed E-state index contributed by atoms with van der Waals surface area (Å²) in [5.41, 5.74) is 3.72. The number of anilines is 2. The highest BCUT2D eigenvalue weighted by atomic mass is 19.1. The maximum atomic E-state index is 13.8. The van der Waals surface area contributed by atoms with Crippen molar-refractivity contribution in [1.29, 1.82) is 5.26 Å². The fraction of sp³-hybridized carbons (Fsp3) is 0.333. The number of hydrogen-bond acceptors (Lipinski definition) is 3. The lowest BCUT2D eigenvalue weighted by Crippen LogP contribution is -3.15. The molecule has 0 unspecified atom stereocenters. The predicted octanol–water partition coefficient (Wildman–Crippen LogP) is 1.66. The third kappa shape index (κ3) is 4.26. The number of nitrogens with zero attached hydrogens (tertiary/aromatic N) is 2. The Bertz CT molecular complexity index is 862. The molecule has 0 saturated carbocycles. The minimum atomic E-state index is -0.488. The van der Waals surface area contributed by atoms with E-state index < -0.39 is 5.82 Å². The van der Waals surface area contributed by atoms with Gasteiger partial charge in [-0.15, -0.1) is 0 Å². The van der Waals surface area contributed by atoms with E-state index in [1.54, 1.807) is 12.1 Å². The molecule has 0 atom stereocenters. The average molecular weight is 367 g/mol. The van der Waals surface area contributed by atoms with Gasteiger partial charge in [-0.1, -0.05) is 24.3 Å². The highest BCUT2D eigenvalue weighted by Crippen LogP contribution is 2.22. The summed E-state index contributed by atoms with van der Waals surface area (Å²) in [5, 5.41) is 12.2. The summed E-state index contributed by atoms with van der Waals surface area (Å²) >= 11 is 0. The van der Waals surface area contributed by atoms with Gasteiger partial charge in [0.15, 0.2) is 6.54 Å². The first-order valence-corrected chi connectivity index (χ1v) is 9.13. The number of rotatable bonds is 4. The van der Waals surface area contributed by atoms with Crippen LogP contribution in [-0.2, 0) is 4.79 Å². The topological polar surface area (TPSA) is 60.6 Å². The molecular formula is C21H24FN4O+. The van der Waals surface area contributed by atoms with Crippen LogP contribution in [0.1, 0.15) is 16.7 Å². The summed E-state index contributed by atoms with van der Waals surface area (Å²) in [5.74, 6) is -0.489. The minimum absolute atomic E-state index is 0.000630. The summed E-state index contributed by atoms with van der Waals surface area (Å²) in [6.07, 6.45) is 0. The molecule has 0 aromatic heterocycles. The summed E-state index contributed by atoms with van der Waals surface area (Å²) in [6, 6.07) is 12.6. The lowest BCUT2D eigenvalue weighted by Gasteiger charge is -2.33. The van der Waals surface area contributed by atoms with E-state index >= 15 is 0 Å². The van der Waals surface area contributed by atoms with Crippen molar-refractivity contribution in [2.75, 3.05) is 42.9 Å². The molecule has 1 saturated heterocycles. The number of halogens is 1. The number of quaternary nitrogens is 1. The molecule has 1 amide bonds. The molecule has 3 rings (SSSR count). The first-order chi connectivity index (χ1) is 13.0. The van der Waals surface area contributed by atoms with Crippen molar-refractivity contribution in [2.45, 2.75) is 13.8 Å². The molecule has 1 aliphatic heterocycles. The third-order valence-electron chi connectivity index (χ3n) is 5.07. The van der Waals surface area contributed by atoms with Crippen LogP contribution < -0.4 is 15.1 Å². The van der Waals surface area contributed by atoms with Crippen molar-refractivity contribution in [2.24, 2.45) is 0 Å². The molecule has 140 valence electrons. The lowest BCUT2D eigenvalue weighted by molar-refractivity contribution is -0.892. The Morgan fingerprint density at radius 3 is 2.44 bits per heavy atom. The molecule has 2 aromatic rings. The number of carbonyl (C=O) groups excluding carboxylic acids is 1. The van der Waals surface area contributed by atoms with Crippen LogP contribution in [0.2, 0.25) is 0 Å². The number of nitriles is 1. The second kappa shape index (κ2) is 8.19. The maximum absolute atomic E-state index is 13.8. The molecule has 0 aliphatic carbocycles. The van der Waals surface area contributed by atoms with E-state index in [0.29, 0.717) is 25.3 Å². The molecule has 6 heteroatoms. The molecular weight excluding hydrogens is 343 g/mol. The maximum Gasteiger partial charge on any atom is 0.279 e. The van der Waals surface area contributed by atoms with E-state index in [-0.39, 0.29) is 11.5 Å². The quantitative estimate of drug-likeness (QED) is 0.864. The van der Waals surface area contributed by atoms with Crippen LogP contribution in [0.5, 0.6) is 0 Å². The summed E-state index contributed by atoms with van der Waals surface area (Å²) < 4.78 is 13.8. The Morgan fingerprint density at radius 1 is 1.19 bits per heavy atom. The van der Waals surface area contributed by atoms with E-state index in [1.807, 2.05) is 43.0 Å². The van der Waals surface area contributed by atoms with Gasteiger partial charge in [-0.2, -0.15) is 5.26 Å². The standard InChI is InChI=1S/C21H23FN4O/c1-15-5-3-6-16(2)21(15)24-20(27)14-25-9-11-26(12-10-25)19-8-4-7-18(22)17(19)13-23/h3-8H,9-12,14H2,1-2H3,(H,24,27)/p+1. The number of aryl methyl sites for hydroxylation is 2. The Kier molecular flexibility index (Phi) is 5.72. The molecule has 2 N–H and O–H groups in total. The van der Waals surface area contributed by atoms with Crippen LogP contribution >= 0.6 is 0 Å². The fourth-order valence-electron chi connectivity index (χ4n) is 3.55. The van der Waals surface area contributed by atoms with Crippen molar-refractivity contribution in [3.8, 4) is 6.07 Å². The second-order valence-electron chi connectivity index (χ2n) is 6.97. The lowest BCUT2D eigenvalue weighted by atomic mass is 10.1. The number of piperazine rings is 1. The fourth-order valence-corrected chi connectivity index (χ4v) is 3.55. The van der Waals surface area contributed by atoms with Gasteiger partial charge in [-0.05, 0) is 37.1 Å². The number of para-hydroxylation sites is 1. The molecule has 0 radical (unpaired) electrons. The Morgan fingerprint density at radius 2 is 1.81 bits per heavy atom. The van der Waals surface area contributed by atoms with Gasteiger partial charge in [0, 0.05) is 5.69 Å². The van der Waals surface area contributed by atoms with E-state index in [0.717, 1.165) is 29.9 Å². The Labute approximate surface area is 159 Å². The average Bonchev–Trinajstić information content (AvgIpc) is 2.65. The number of benzene rings is 2. The van der Waals surface area contributed by atoms with Gasteiger partial charge >= 0.3 is 0 Å². The molecule has 2 aromatic carbocycles. The van der Waals surface area contributed by atoms with Crippen LogP contribution in [-0.4, -0.2) is 38.6 Å². The number of amides is 1. The van der Waals surface area contributed by atoms with Crippen LogP contribution in [0.15, 0.2) is 36.4 Å². The molecule has 0 spiro atoms. The summed E-state index contributed by atoms with van der Waals surface area (Å²) in [4.78, 5) is 15.7. The first-order valence-electron chi connectivity index (χ1n) is 9.13. The van der Waals surface area contributed by atoms with E-state index in [2.05, 4.69) is 5.32 Å². The van der Waals surface area contributed by atoms with Crippen molar-refractivity contribution in [3.63, 3.8) is 0 Å². The highest BCUT2D eigenvalue weighted by Gasteiger charge is 2.24. The van der Waals surface area contributed by atoms with Crippen LogP contribution in [0, 0.1) is 31.0 Å². The third-order valence-corrected chi connectivity index (χ3v) is 5.07. The van der Waals surface area contributed by atoms with Gasteiger partial charge in [0.25, 0.3) is 5.91 Å². The van der Waals surface area contributed by atoms with Gasteiger partial charge in [-0.3, -0.25) is 4.79 Å². The SMILES string of the molecule is Cc1cccc(C)c1NC(=O)C[NH+]1CCN(c2cccc(F)c2C#N)CC1. The van der Waals surface area contributed by atoms with Crippen molar-refractivity contribution in [1.82, 2.24) is 0 Å². The van der Waals surface area contributed by atoms with Crippen LogP contribution in [0.3, 0.4) is 0 Å². The second-order valence-corrected chi connectivity index (χ2v) is 6.97. The van der Waals surface area contributed by atoms with E-state index in [1.165, 1.54) is 11.0 Å². The smallest absolute Gasteiger partial charge is 0.279 e. The number of nitrogens with one attached hydrogen (secondary N) is 2. The summed E-state index contributed by atoms with van der Waals surface area (Å²) in [6.45, 7) is 7.27. The van der Waals surface area contributed by atoms with Gasteiger partial charge in [0.2, 0.25) is 0 Å². The summed E-state index contributed by atoms with van der Waals surface area (Å²) in [7, 11) is 0. The predicted molar refractivity (Wildman–Crippen MR) is 103 cm³/mol. The molecule has 1 heterocycles. The van der Waals surface area contributed by atoms with Gasteiger partial charge in [0.1, 0.15) is 17.4 Å². The van der Waals surface area contributed by atoms with Gasteiger partial charge in [-0.25, -0.2) is 4.39 Å². The molecule has 5 nitrogen and oxygen atoms in total. The van der Waals surface area contributed by atoms with Crippen molar-refractivity contribution < 1.29 is 14.1 Å². The zero-order valence-corrected chi connectivity index (χ0v) is 15.7. The van der Waals surface area contributed by atoms with Crippen LogP contribution in [0.4, 0.5) is 15.8 Å². The van der Waals surface area contributed by atoms with E-state index in [9.17, 15) is 14.4 Å². The zero-order chi connectivity index (χ0) is 19.4. The molecule has 1 aliphatic rings. The number of carbonyl (C=O) groups is 1. The first kappa shape index (κ1) is 18.9. The normalized spacial score (nSPS) is 14.7. The van der Waals surface area contributed by atoms with Crippen molar-refractivity contribution in [3.05, 3.63) is 58.9 Å². The van der Waals surface area contributed by atoms with Gasteiger partial charge in [0.05, 0.1) is 31.9 Å². The van der Waals surface area contributed by atoms with Crippen LogP contribution in [0.25, 0.3) is 0 Å². The molecule has 1 fully saturated rings. The van der Waals surface area contributed by atoms with Gasteiger partial charge < -0.3 is 15.1 Å². The largest absolute Gasteiger partial charge is 0.359 e. The Balaban J connectivity index is 1.58. The Hall–Kier alpha value is -2.91. The highest BCUT2D eigenvalue weighted by molar-refractivity contribution is 5.93. The van der Waals surface area contributed by atoms with E-state index in [4.69, 9.17) is 0 Å². The molecule has 0 bridgehead atoms.